The quantitative estimate of drug-likeness (QED) is 0.642. The molecule has 2 amide bonds. The zero-order valence-corrected chi connectivity index (χ0v) is 10.4. The van der Waals surface area contributed by atoms with Gasteiger partial charge in [-0.1, -0.05) is 0 Å². The van der Waals surface area contributed by atoms with Crippen molar-refractivity contribution in [2.24, 2.45) is 0 Å². The first kappa shape index (κ1) is 13.8. The fourth-order valence-electron chi connectivity index (χ4n) is 1.12. The van der Waals surface area contributed by atoms with E-state index in [9.17, 15) is 4.79 Å². The van der Waals surface area contributed by atoms with Gasteiger partial charge < -0.3 is 15.7 Å². The molecule has 94 valence electrons. The molecule has 3 N–H and O–H groups in total. The number of carbonyl (C=O) groups excluding carboxylic acids is 1. The number of nitrogens with one attached hydrogen (secondary N) is 2. The number of carbonyl (C=O) groups is 1. The molecule has 0 radical (unpaired) electrons. The van der Waals surface area contributed by atoms with Gasteiger partial charge in [0.1, 0.15) is 0 Å². The lowest BCUT2D eigenvalue weighted by Gasteiger charge is -2.06. The Labute approximate surface area is 105 Å². The number of hydrogen-bond donors (Lipinski definition) is 3. The number of pyridine rings is 1. The van der Waals surface area contributed by atoms with Gasteiger partial charge in [0.2, 0.25) is 0 Å². The Bertz CT molecular complexity index is 322. The molecule has 1 heterocycles. The number of hydrogen-bond acceptors (Lipinski definition) is 4. The van der Waals surface area contributed by atoms with Crippen LogP contribution in [0.1, 0.15) is 6.42 Å². The highest BCUT2D eigenvalue weighted by Crippen LogP contribution is 2.02. The van der Waals surface area contributed by atoms with Crippen molar-refractivity contribution >= 4 is 23.5 Å². The highest BCUT2D eigenvalue weighted by atomic mass is 32.2. The van der Waals surface area contributed by atoms with Gasteiger partial charge in [-0.2, -0.15) is 11.8 Å². The summed E-state index contributed by atoms with van der Waals surface area (Å²) in [6, 6.07) is 3.32. The van der Waals surface area contributed by atoms with E-state index in [1.54, 1.807) is 36.3 Å². The molecule has 1 rings (SSSR count). The number of amides is 2. The minimum atomic E-state index is -0.222. The molecule has 0 saturated carbocycles. The SMILES string of the molecule is O=C(NCCSCCCO)Nc1cccnc1. The van der Waals surface area contributed by atoms with E-state index in [1.165, 1.54) is 0 Å². The third-order valence-corrected chi connectivity index (χ3v) is 2.97. The molecule has 0 bridgehead atoms. The first-order chi connectivity index (χ1) is 8.33. The fourth-order valence-corrected chi connectivity index (χ4v) is 1.90. The predicted molar refractivity (Wildman–Crippen MR) is 70.3 cm³/mol. The summed E-state index contributed by atoms with van der Waals surface area (Å²) in [4.78, 5) is 15.3. The van der Waals surface area contributed by atoms with Crippen molar-refractivity contribution < 1.29 is 9.90 Å². The third-order valence-electron chi connectivity index (χ3n) is 1.90. The highest BCUT2D eigenvalue weighted by Gasteiger charge is 1.99. The van der Waals surface area contributed by atoms with Crippen LogP contribution in [0.2, 0.25) is 0 Å². The summed E-state index contributed by atoms with van der Waals surface area (Å²) < 4.78 is 0. The summed E-state index contributed by atoms with van der Waals surface area (Å²) in [5, 5.41) is 14.0. The Balaban J connectivity index is 2.06. The van der Waals surface area contributed by atoms with E-state index < -0.39 is 0 Å². The molecule has 0 aliphatic rings. The first-order valence-corrected chi connectivity index (χ1v) is 6.62. The summed E-state index contributed by atoms with van der Waals surface area (Å²) in [6.07, 6.45) is 4.04. The average molecular weight is 255 g/mol. The topological polar surface area (TPSA) is 74.2 Å². The highest BCUT2D eigenvalue weighted by molar-refractivity contribution is 7.99. The monoisotopic (exact) mass is 255 g/mol. The second kappa shape index (κ2) is 8.83. The second-order valence-corrected chi connectivity index (χ2v) is 4.54. The Hall–Kier alpha value is -1.27. The average Bonchev–Trinajstić information content (AvgIpc) is 2.35. The van der Waals surface area contributed by atoms with Crippen LogP contribution < -0.4 is 10.6 Å². The smallest absolute Gasteiger partial charge is 0.319 e. The van der Waals surface area contributed by atoms with Crippen molar-refractivity contribution in [2.45, 2.75) is 6.42 Å². The minimum Gasteiger partial charge on any atom is -0.396 e. The molecule has 6 heteroatoms. The summed E-state index contributed by atoms with van der Waals surface area (Å²) in [5.41, 5.74) is 0.679. The van der Waals surface area contributed by atoms with Crippen LogP contribution in [0.3, 0.4) is 0 Å². The lowest BCUT2D eigenvalue weighted by atomic mass is 10.4. The molecule has 0 saturated heterocycles. The molecule has 5 nitrogen and oxygen atoms in total. The van der Waals surface area contributed by atoms with Crippen molar-refractivity contribution in [1.29, 1.82) is 0 Å². The maximum atomic E-state index is 11.4. The van der Waals surface area contributed by atoms with Crippen molar-refractivity contribution in [3.63, 3.8) is 0 Å². The third kappa shape index (κ3) is 6.80. The largest absolute Gasteiger partial charge is 0.396 e. The van der Waals surface area contributed by atoms with Crippen LogP contribution in [0.25, 0.3) is 0 Å². The molecule has 0 aliphatic carbocycles. The molecule has 0 fully saturated rings. The lowest BCUT2D eigenvalue weighted by molar-refractivity contribution is 0.252. The van der Waals surface area contributed by atoms with Gasteiger partial charge >= 0.3 is 6.03 Å². The van der Waals surface area contributed by atoms with Gasteiger partial charge in [0, 0.05) is 25.1 Å². The van der Waals surface area contributed by atoms with Gasteiger partial charge in [-0.05, 0) is 24.3 Å². The molecule has 0 spiro atoms. The van der Waals surface area contributed by atoms with Crippen LogP contribution in [0.15, 0.2) is 24.5 Å². The zero-order valence-electron chi connectivity index (χ0n) is 9.56. The van der Waals surface area contributed by atoms with Crippen LogP contribution in [0.4, 0.5) is 10.5 Å². The lowest BCUT2D eigenvalue weighted by Crippen LogP contribution is -2.30. The van der Waals surface area contributed by atoms with Gasteiger partial charge in [0.25, 0.3) is 0 Å². The number of aromatic nitrogens is 1. The molecular weight excluding hydrogens is 238 g/mol. The van der Waals surface area contributed by atoms with Crippen molar-refractivity contribution in [3.8, 4) is 0 Å². The number of anilines is 1. The maximum Gasteiger partial charge on any atom is 0.319 e. The molecule has 0 unspecified atom stereocenters. The number of thioether (sulfide) groups is 1. The molecular formula is C11H17N3O2S. The van der Waals surface area contributed by atoms with Crippen molar-refractivity contribution in [2.75, 3.05) is 30.0 Å². The second-order valence-electron chi connectivity index (χ2n) is 3.31. The molecule has 17 heavy (non-hydrogen) atoms. The maximum absolute atomic E-state index is 11.4. The number of nitrogens with zero attached hydrogens (tertiary/aromatic N) is 1. The standard InChI is InChI=1S/C11H17N3O2S/c15-6-2-7-17-8-5-13-11(16)14-10-3-1-4-12-9-10/h1,3-4,9,15H,2,5-8H2,(H2,13,14,16). The van der Waals surface area contributed by atoms with E-state index in [0.717, 1.165) is 17.9 Å². The predicted octanol–water partition coefficient (Wildman–Crippen LogP) is 1.32. The zero-order chi connectivity index (χ0) is 12.3. The van der Waals surface area contributed by atoms with E-state index in [4.69, 9.17) is 5.11 Å². The van der Waals surface area contributed by atoms with Gasteiger partial charge in [-0.25, -0.2) is 4.79 Å². The van der Waals surface area contributed by atoms with Gasteiger partial charge in [-0.15, -0.1) is 0 Å². The molecule has 0 aromatic carbocycles. The summed E-state index contributed by atoms with van der Waals surface area (Å²) >= 11 is 1.71. The van der Waals surface area contributed by atoms with Gasteiger partial charge in [0.15, 0.2) is 0 Å². The van der Waals surface area contributed by atoms with E-state index in [-0.39, 0.29) is 12.6 Å². The normalized spacial score (nSPS) is 9.94. The van der Waals surface area contributed by atoms with Crippen LogP contribution in [-0.4, -0.2) is 40.8 Å². The molecule has 1 aromatic heterocycles. The van der Waals surface area contributed by atoms with Crippen LogP contribution in [-0.2, 0) is 0 Å². The summed E-state index contributed by atoms with van der Waals surface area (Å²) in [6.45, 7) is 0.837. The number of rotatable bonds is 7. The Morgan fingerprint density at radius 3 is 3.06 bits per heavy atom. The van der Waals surface area contributed by atoms with Crippen LogP contribution in [0, 0.1) is 0 Å². The van der Waals surface area contributed by atoms with Crippen molar-refractivity contribution in [1.82, 2.24) is 10.3 Å². The minimum absolute atomic E-state index is 0.222. The molecule has 1 aromatic rings. The van der Waals surface area contributed by atoms with E-state index in [0.29, 0.717) is 12.2 Å². The summed E-state index contributed by atoms with van der Waals surface area (Å²) in [7, 11) is 0. The number of aliphatic hydroxyl groups is 1. The molecule has 0 aliphatic heterocycles. The van der Waals surface area contributed by atoms with Gasteiger partial charge in [-0.3, -0.25) is 4.98 Å². The first-order valence-electron chi connectivity index (χ1n) is 5.46. The van der Waals surface area contributed by atoms with Crippen LogP contribution >= 0.6 is 11.8 Å². The van der Waals surface area contributed by atoms with E-state index in [1.807, 2.05) is 0 Å². The van der Waals surface area contributed by atoms with Crippen molar-refractivity contribution in [3.05, 3.63) is 24.5 Å². The van der Waals surface area contributed by atoms with E-state index >= 15 is 0 Å². The molecule has 0 atom stereocenters. The Morgan fingerprint density at radius 2 is 2.35 bits per heavy atom. The summed E-state index contributed by atoms with van der Waals surface area (Å²) in [5.74, 6) is 1.77. The Kier molecular flexibility index (Phi) is 7.17. The van der Waals surface area contributed by atoms with Crippen LogP contribution in [0.5, 0.6) is 0 Å². The number of aliphatic hydroxyl groups excluding tert-OH is 1. The fraction of sp³-hybridized carbons (Fsp3) is 0.455. The van der Waals surface area contributed by atoms with Gasteiger partial charge in [0.05, 0.1) is 11.9 Å². The van der Waals surface area contributed by atoms with E-state index in [2.05, 4.69) is 15.6 Å². The number of urea groups is 1. The Morgan fingerprint density at radius 1 is 1.47 bits per heavy atom.